The maximum atomic E-state index is 16.3. The Morgan fingerprint density at radius 2 is 0.633 bits per heavy atom. The monoisotopic (exact) mass is 698 g/mol. The van der Waals surface area contributed by atoms with Gasteiger partial charge in [-0.3, -0.25) is 0 Å². The molecular weight excluding hydrogens is 674 g/mol. The predicted octanol–water partition coefficient (Wildman–Crippen LogP) is 10.8. The maximum absolute atomic E-state index is 16.3. The summed E-state index contributed by atoms with van der Waals surface area (Å²) in [4.78, 5) is 0. The Morgan fingerprint density at radius 1 is 0.367 bits per heavy atom. The van der Waals surface area contributed by atoms with Gasteiger partial charge in [0.2, 0.25) is 11.6 Å². The molecule has 6 rings (SSSR count). The van der Waals surface area contributed by atoms with Crippen molar-refractivity contribution in [2.24, 2.45) is 0 Å². The van der Waals surface area contributed by atoms with Crippen molar-refractivity contribution in [2.45, 2.75) is 25.8 Å². The van der Waals surface area contributed by atoms with Crippen molar-refractivity contribution in [3.05, 3.63) is 171 Å². The van der Waals surface area contributed by atoms with Crippen molar-refractivity contribution in [1.82, 2.24) is 0 Å². The highest BCUT2D eigenvalue weighted by atomic mass is 28.3. The fraction of sp³-hybridized carbons (Fsp3) is 0.105. The Bertz CT molecular complexity index is 2000. The highest BCUT2D eigenvalue weighted by molar-refractivity contribution is 7.23. The molecule has 1 aliphatic heterocycles. The first-order valence-electron chi connectivity index (χ1n) is 14.9. The summed E-state index contributed by atoms with van der Waals surface area (Å²) < 4.78 is 155. The zero-order valence-electron chi connectivity index (χ0n) is 25.9. The summed E-state index contributed by atoms with van der Waals surface area (Å²) in [5.74, 6) is -22.8. The van der Waals surface area contributed by atoms with Crippen LogP contribution in [0.4, 0.5) is 43.9 Å². The van der Waals surface area contributed by atoms with Gasteiger partial charge in [0.25, 0.3) is 0 Å². The molecular formula is C38H24F10Si. The van der Waals surface area contributed by atoms with E-state index in [4.69, 9.17) is 0 Å². The van der Waals surface area contributed by atoms with E-state index in [0.717, 1.165) is 0 Å². The second kappa shape index (κ2) is 12.2. The molecule has 0 saturated carbocycles. The Hall–Kier alpha value is -4.90. The summed E-state index contributed by atoms with van der Waals surface area (Å²) in [5, 5.41) is -2.29. The first-order valence-corrected chi connectivity index (χ1v) is 16.9. The van der Waals surface area contributed by atoms with E-state index in [1.54, 1.807) is 18.2 Å². The molecule has 0 aliphatic carbocycles. The quantitative estimate of drug-likeness (QED) is 0.0742. The molecule has 0 saturated heterocycles. The standard InChI is InChI=1S/C38H24F10Si/c1-38(2,3)49(21-17-11-6-12-18-21)36(24-26(39)30(43)34(47)31(44)27(24)40)22(19-13-7-4-8-14-19)23(20-15-9-5-10-16-20)37(49)25-28(41)32(45)35(48)33(46)29(25)42/h4-18H,1-3H3. The van der Waals surface area contributed by atoms with Gasteiger partial charge in [0.05, 0.1) is 11.1 Å². The van der Waals surface area contributed by atoms with Gasteiger partial charge in [-0.25, -0.2) is 43.9 Å². The number of hydrogen-bond donors (Lipinski definition) is 0. The van der Waals surface area contributed by atoms with Crippen LogP contribution in [0.25, 0.3) is 21.5 Å². The molecule has 0 amide bonds. The molecule has 0 unspecified atom stereocenters. The number of hydrogen-bond acceptors (Lipinski definition) is 0. The molecule has 1 heterocycles. The molecule has 0 spiro atoms. The molecule has 0 atom stereocenters. The minimum Gasteiger partial charge on any atom is -0.203 e. The summed E-state index contributed by atoms with van der Waals surface area (Å²) in [7, 11) is -4.81. The lowest BCUT2D eigenvalue weighted by Crippen LogP contribution is -2.57. The molecule has 250 valence electrons. The smallest absolute Gasteiger partial charge is 0.200 e. The number of halogens is 10. The van der Waals surface area contributed by atoms with Gasteiger partial charge in [-0.2, -0.15) is 0 Å². The average molecular weight is 699 g/mol. The topological polar surface area (TPSA) is 0 Å². The van der Waals surface area contributed by atoms with Crippen LogP contribution >= 0.6 is 0 Å². The molecule has 0 nitrogen and oxygen atoms in total. The van der Waals surface area contributed by atoms with E-state index < -0.39 is 92.8 Å². The van der Waals surface area contributed by atoms with Gasteiger partial charge in [0.15, 0.2) is 54.6 Å². The van der Waals surface area contributed by atoms with Crippen LogP contribution in [0.1, 0.15) is 43.0 Å². The fourth-order valence-corrected chi connectivity index (χ4v) is 13.3. The van der Waals surface area contributed by atoms with E-state index in [2.05, 4.69) is 0 Å². The molecule has 0 N–H and O–H groups in total. The first kappa shape index (κ1) is 34.0. The van der Waals surface area contributed by atoms with Gasteiger partial charge in [-0.05, 0) is 42.9 Å². The number of rotatable bonds is 5. The third-order valence-electron chi connectivity index (χ3n) is 8.88. The summed E-state index contributed by atoms with van der Waals surface area (Å²) in [6.45, 7) is 4.59. The van der Waals surface area contributed by atoms with Crippen molar-refractivity contribution < 1.29 is 43.9 Å². The minimum atomic E-state index is -4.81. The van der Waals surface area contributed by atoms with Crippen molar-refractivity contribution in [1.29, 1.82) is 0 Å². The maximum Gasteiger partial charge on any atom is 0.200 e. The van der Waals surface area contributed by atoms with Crippen LogP contribution in [0.2, 0.25) is 5.04 Å². The van der Waals surface area contributed by atoms with Crippen LogP contribution in [-0.4, -0.2) is 8.07 Å². The van der Waals surface area contributed by atoms with Gasteiger partial charge < -0.3 is 0 Å². The third kappa shape index (κ3) is 4.88. The number of allylic oxidation sites excluding steroid dienone is 2. The van der Waals surface area contributed by atoms with Crippen LogP contribution in [0.3, 0.4) is 0 Å². The Labute approximate surface area is 275 Å². The fourth-order valence-electron chi connectivity index (χ4n) is 6.97. The Morgan fingerprint density at radius 3 is 0.918 bits per heavy atom. The van der Waals surface area contributed by atoms with E-state index >= 15 is 35.1 Å². The second-order valence-corrected chi connectivity index (χ2v) is 17.1. The van der Waals surface area contributed by atoms with Gasteiger partial charge in [0, 0.05) is 0 Å². The van der Waals surface area contributed by atoms with E-state index in [0.29, 0.717) is 0 Å². The second-order valence-electron chi connectivity index (χ2n) is 12.5. The van der Waals surface area contributed by atoms with E-state index in [1.807, 2.05) is 0 Å². The lowest BCUT2D eigenvalue weighted by Gasteiger charge is -2.45. The van der Waals surface area contributed by atoms with Gasteiger partial charge in [0.1, 0.15) is 0 Å². The Kier molecular flexibility index (Phi) is 8.46. The van der Waals surface area contributed by atoms with Gasteiger partial charge >= 0.3 is 0 Å². The lowest BCUT2D eigenvalue weighted by molar-refractivity contribution is 0.376. The van der Waals surface area contributed by atoms with Crippen molar-refractivity contribution in [3.63, 3.8) is 0 Å². The summed E-state index contributed by atoms with van der Waals surface area (Å²) in [6.07, 6.45) is 0. The molecule has 5 aromatic carbocycles. The molecule has 0 aromatic heterocycles. The zero-order valence-corrected chi connectivity index (χ0v) is 26.9. The van der Waals surface area contributed by atoms with E-state index in [-0.39, 0.29) is 27.5 Å². The average Bonchev–Trinajstić information content (AvgIpc) is 3.41. The van der Waals surface area contributed by atoms with Gasteiger partial charge in [-0.1, -0.05) is 112 Å². The minimum absolute atomic E-state index is 0.122. The zero-order chi connectivity index (χ0) is 35.6. The normalized spacial score (nSPS) is 14.6. The molecule has 11 heteroatoms. The van der Waals surface area contributed by atoms with Crippen LogP contribution < -0.4 is 5.19 Å². The SMILES string of the molecule is CC(C)(C)[Si]1(c2ccccc2)C(c2c(F)c(F)c(F)c(F)c2F)=C(c2ccccc2)C(c2ccccc2)=C1c1c(F)c(F)c(F)c(F)c1F. The van der Waals surface area contributed by atoms with Gasteiger partial charge in [-0.15, -0.1) is 0 Å². The molecule has 0 fully saturated rings. The lowest BCUT2D eigenvalue weighted by atomic mass is 9.89. The molecule has 49 heavy (non-hydrogen) atoms. The third-order valence-corrected chi connectivity index (χ3v) is 14.8. The highest BCUT2D eigenvalue weighted by Gasteiger charge is 2.61. The van der Waals surface area contributed by atoms with Crippen molar-refractivity contribution in [2.75, 3.05) is 0 Å². The van der Waals surface area contributed by atoms with E-state index in [1.165, 1.54) is 93.6 Å². The molecule has 5 aromatic rings. The Balaban J connectivity index is 2.05. The molecule has 1 aliphatic rings. The van der Waals surface area contributed by atoms with Crippen molar-refractivity contribution in [3.8, 4) is 0 Å². The molecule has 0 radical (unpaired) electrons. The highest BCUT2D eigenvalue weighted by Crippen LogP contribution is 2.63. The summed E-state index contributed by atoms with van der Waals surface area (Å²) in [5.41, 5.74) is -2.88. The van der Waals surface area contributed by atoms with Crippen LogP contribution in [-0.2, 0) is 0 Å². The van der Waals surface area contributed by atoms with Crippen LogP contribution in [0, 0.1) is 58.2 Å². The predicted molar refractivity (Wildman–Crippen MR) is 171 cm³/mol. The van der Waals surface area contributed by atoms with Crippen LogP contribution in [0.5, 0.6) is 0 Å². The number of benzene rings is 5. The summed E-state index contributed by atoms with van der Waals surface area (Å²) in [6, 6.07) is 22.5. The van der Waals surface area contributed by atoms with E-state index in [9.17, 15) is 8.78 Å². The molecule has 0 bridgehead atoms. The van der Waals surface area contributed by atoms with Crippen LogP contribution in [0.15, 0.2) is 91.0 Å². The largest absolute Gasteiger partial charge is 0.203 e. The van der Waals surface area contributed by atoms with Crippen molar-refractivity contribution >= 4 is 34.8 Å². The first-order chi connectivity index (χ1) is 23.2. The summed E-state index contributed by atoms with van der Waals surface area (Å²) >= 11 is 0.